The second-order valence-electron chi connectivity index (χ2n) is 5.60. The number of hydrogen-bond donors (Lipinski definition) is 0. The van der Waals surface area contributed by atoms with Crippen LogP contribution in [0.5, 0.6) is 0 Å². The highest BCUT2D eigenvalue weighted by atomic mass is 32.1. The molecule has 0 aliphatic carbocycles. The van der Waals surface area contributed by atoms with E-state index in [0.29, 0.717) is 12.1 Å². The van der Waals surface area contributed by atoms with Crippen LogP contribution < -0.4 is 4.90 Å². The van der Waals surface area contributed by atoms with Gasteiger partial charge in [-0.25, -0.2) is 9.37 Å². The number of carbonyl (C=O) groups is 1. The molecule has 0 spiro atoms. The third-order valence-corrected chi connectivity index (χ3v) is 4.92. The molecule has 1 amide bonds. The van der Waals surface area contributed by atoms with Crippen LogP contribution in [-0.2, 0) is 4.79 Å². The van der Waals surface area contributed by atoms with Gasteiger partial charge < -0.3 is 9.80 Å². The van der Waals surface area contributed by atoms with Crippen molar-refractivity contribution < 1.29 is 9.18 Å². The summed E-state index contributed by atoms with van der Waals surface area (Å²) in [5, 5.41) is 0.811. The molecule has 1 fully saturated rings. The predicted molar refractivity (Wildman–Crippen MR) is 83.2 cm³/mol. The summed E-state index contributed by atoms with van der Waals surface area (Å²) in [5.74, 6) is -0.120. The summed E-state index contributed by atoms with van der Waals surface area (Å²) in [4.78, 5) is 20.3. The van der Waals surface area contributed by atoms with Gasteiger partial charge in [-0.05, 0) is 25.0 Å². The molecule has 4 nitrogen and oxygen atoms in total. The Bertz CT molecular complexity index is 670. The molecule has 0 radical (unpaired) electrons. The second-order valence-corrected chi connectivity index (χ2v) is 6.61. The first kappa shape index (κ1) is 14.3. The molecular weight excluding hydrogens is 289 g/mol. The second kappa shape index (κ2) is 5.60. The fraction of sp³-hybridized carbons (Fsp3) is 0.467. The van der Waals surface area contributed by atoms with Gasteiger partial charge in [-0.1, -0.05) is 17.4 Å². The summed E-state index contributed by atoms with van der Waals surface area (Å²) in [6, 6.07) is 5.01. The van der Waals surface area contributed by atoms with Crippen molar-refractivity contribution in [2.75, 3.05) is 32.1 Å². The van der Waals surface area contributed by atoms with E-state index in [4.69, 9.17) is 0 Å². The van der Waals surface area contributed by atoms with Gasteiger partial charge in [0.1, 0.15) is 11.3 Å². The molecule has 1 atom stereocenters. The lowest BCUT2D eigenvalue weighted by molar-refractivity contribution is -0.133. The number of para-hydroxylation sites is 1. The Hall–Kier alpha value is -1.69. The Kier molecular flexibility index (Phi) is 3.80. The zero-order valence-corrected chi connectivity index (χ0v) is 13.0. The molecule has 1 aromatic heterocycles. The summed E-state index contributed by atoms with van der Waals surface area (Å²) in [5.41, 5.74) is 0.429. The van der Waals surface area contributed by atoms with E-state index in [1.54, 1.807) is 25.1 Å². The Morgan fingerprint density at radius 2 is 2.29 bits per heavy atom. The molecule has 21 heavy (non-hydrogen) atoms. The lowest BCUT2D eigenvalue weighted by Crippen LogP contribution is -2.42. The molecule has 0 N–H and O–H groups in total. The van der Waals surface area contributed by atoms with Gasteiger partial charge in [0, 0.05) is 27.2 Å². The van der Waals surface area contributed by atoms with Gasteiger partial charge in [0.05, 0.1) is 10.6 Å². The maximum atomic E-state index is 13.7. The fourth-order valence-corrected chi connectivity index (χ4v) is 3.77. The van der Waals surface area contributed by atoms with Crippen LogP contribution in [0.1, 0.15) is 12.8 Å². The van der Waals surface area contributed by atoms with Crippen LogP contribution in [-0.4, -0.2) is 43.0 Å². The molecule has 1 unspecified atom stereocenters. The Balaban J connectivity index is 1.85. The molecule has 2 heterocycles. The SMILES string of the molecule is CN(C)C(=O)C1CCCN(c2nc3c(F)cccc3s2)C1. The molecular formula is C15H18FN3OS. The highest BCUT2D eigenvalue weighted by molar-refractivity contribution is 7.22. The summed E-state index contributed by atoms with van der Waals surface area (Å²) < 4.78 is 14.6. The average Bonchev–Trinajstić information content (AvgIpc) is 2.92. The van der Waals surface area contributed by atoms with Crippen LogP contribution in [0.2, 0.25) is 0 Å². The lowest BCUT2D eigenvalue weighted by atomic mass is 9.97. The van der Waals surface area contributed by atoms with E-state index in [1.807, 2.05) is 6.07 Å². The summed E-state index contributed by atoms with van der Waals surface area (Å²) in [6.45, 7) is 1.54. The number of halogens is 1. The largest absolute Gasteiger partial charge is 0.349 e. The number of rotatable bonds is 2. The van der Waals surface area contributed by atoms with E-state index >= 15 is 0 Å². The van der Waals surface area contributed by atoms with Gasteiger partial charge in [-0.15, -0.1) is 0 Å². The molecule has 0 bridgehead atoms. The first-order valence-electron chi connectivity index (χ1n) is 7.07. The summed E-state index contributed by atoms with van der Waals surface area (Å²) in [6.07, 6.45) is 1.87. The third kappa shape index (κ3) is 2.72. The quantitative estimate of drug-likeness (QED) is 0.856. The van der Waals surface area contributed by atoms with Crippen molar-refractivity contribution in [1.82, 2.24) is 9.88 Å². The van der Waals surface area contributed by atoms with Crippen molar-refractivity contribution in [2.45, 2.75) is 12.8 Å². The number of anilines is 1. The van der Waals surface area contributed by atoms with Crippen LogP contribution in [0.3, 0.4) is 0 Å². The molecule has 6 heteroatoms. The van der Waals surface area contributed by atoms with Crippen molar-refractivity contribution in [1.29, 1.82) is 0 Å². The van der Waals surface area contributed by atoms with Crippen molar-refractivity contribution in [3.8, 4) is 0 Å². The highest BCUT2D eigenvalue weighted by Gasteiger charge is 2.28. The number of carbonyl (C=O) groups excluding carboxylic acids is 1. The summed E-state index contributed by atoms with van der Waals surface area (Å²) in [7, 11) is 3.57. The molecule has 1 aromatic carbocycles. The number of piperidine rings is 1. The zero-order chi connectivity index (χ0) is 15.0. The third-order valence-electron chi connectivity index (χ3n) is 3.84. The minimum absolute atomic E-state index is 0.00519. The number of hydrogen-bond acceptors (Lipinski definition) is 4. The average molecular weight is 307 g/mol. The number of thiazole rings is 1. The van der Waals surface area contributed by atoms with E-state index in [9.17, 15) is 9.18 Å². The normalized spacial score (nSPS) is 19.0. The van der Waals surface area contributed by atoms with Gasteiger partial charge in [-0.2, -0.15) is 0 Å². The topological polar surface area (TPSA) is 36.4 Å². The van der Waals surface area contributed by atoms with E-state index in [1.165, 1.54) is 17.4 Å². The maximum absolute atomic E-state index is 13.7. The molecule has 3 rings (SSSR count). The van der Waals surface area contributed by atoms with Crippen LogP contribution in [0, 0.1) is 11.7 Å². The number of nitrogens with zero attached hydrogens (tertiary/aromatic N) is 3. The molecule has 112 valence electrons. The predicted octanol–water partition coefficient (Wildman–Crippen LogP) is 2.74. The van der Waals surface area contributed by atoms with Gasteiger partial charge in [-0.3, -0.25) is 4.79 Å². The van der Waals surface area contributed by atoms with Crippen molar-refractivity contribution >= 4 is 32.6 Å². The van der Waals surface area contributed by atoms with E-state index in [0.717, 1.165) is 29.2 Å². The lowest BCUT2D eigenvalue weighted by Gasteiger charge is -2.32. The maximum Gasteiger partial charge on any atom is 0.226 e. The molecule has 0 saturated carbocycles. The number of benzene rings is 1. The van der Waals surface area contributed by atoms with Crippen molar-refractivity contribution in [3.63, 3.8) is 0 Å². The van der Waals surface area contributed by atoms with E-state index in [2.05, 4.69) is 9.88 Å². The number of fused-ring (bicyclic) bond motifs is 1. The van der Waals surface area contributed by atoms with Gasteiger partial charge in [0.25, 0.3) is 0 Å². The molecule has 1 saturated heterocycles. The Morgan fingerprint density at radius 3 is 3.00 bits per heavy atom. The van der Waals surface area contributed by atoms with Crippen LogP contribution in [0.4, 0.5) is 9.52 Å². The van der Waals surface area contributed by atoms with Crippen LogP contribution in [0.25, 0.3) is 10.2 Å². The summed E-state index contributed by atoms with van der Waals surface area (Å²) >= 11 is 1.49. The van der Waals surface area contributed by atoms with Gasteiger partial charge >= 0.3 is 0 Å². The van der Waals surface area contributed by atoms with Crippen molar-refractivity contribution in [2.24, 2.45) is 5.92 Å². The van der Waals surface area contributed by atoms with Gasteiger partial charge in [0.15, 0.2) is 5.13 Å². The highest BCUT2D eigenvalue weighted by Crippen LogP contribution is 2.32. The van der Waals surface area contributed by atoms with Crippen LogP contribution >= 0.6 is 11.3 Å². The van der Waals surface area contributed by atoms with Crippen molar-refractivity contribution in [3.05, 3.63) is 24.0 Å². The first-order chi connectivity index (χ1) is 10.1. The minimum atomic E-state index is -0.284. The van der Waals surface area contributed by atoms with Crippen LogP contribution in [0.15, 0.2) is 18.2 Å². The van der Waals surface area contributed by atoms with E-state index in [-0.39, 0.29) is 17.6 Å². The van der Waals surface area contributed by atoms with E-state index < -0.39 is 0 Å². The smallest absolute Gasteiger partial charge is 0.226 e. The van der Waals surface area contributed by atoms with Gasteiger partial charge in [0.2, 0.25) is 5.91 Å². The monoisotopic (exact) mass is 307 g/mol. The zero-order valence-electron chi connectivity index (χ0n) is 12.2. The molecule has 1 aliphatic rings. The molecule has 2 aromatic rings. The first-order valence-corrected chi connectivity index (χ1v) is 7.89. The standard InChI is InChI=1S/C15H18FN3OS/c1-18(2)14(20)10-5-4-8-19(9-10)15-17-13-11(16)6-3-7-12(13)21-15/h3,6-7,10H,4-5,8-9H2,1-2H3. The fourth-order valence-electron chi connectivity index (χ4n) is 2.76. The minimum Gasteiger partial charge on any atom is -0.349 e. The number of amides is 1. The Labute approximate surface area is 127 Å². The Morgan fingerprint density at radius 1 is 1.48 bits per heavy atom. The molecule has 1 aliphatic heterocycles. The number of aromatic nitrogens is 1.